The molecule has 2 aromatic rings. The molecule has 1 amide bonds. The summed E-state index contributed by atoms with van der Waals surface area (Å²) in [5.74, 6) is 0.756. The number of furan rings is 1. The van der Waals surface area contributed by atoms with E-state index in [4.69, 9.17) is 4.42 Å². The van der Waals surface area contributed by atoms with E-state index in [9.17, 15) is 4.79 Å². The third-order valence-corrected chi connectivity index (χ3v) is 3.87. The van der Waals surface area contributed by atoms with Crippen molar-refractivity contribution < 1.29 is 9.21 Å². The number of carbonyl (C=O) groups is 1. The standard InChI is InChI=1S/C18H20N2O2/c21-18(9-8-17-7-4-14-22-17)20-12-10-19(11-13-20)15-16-5-2-1-3-6-16/h1-9,14H,10-13,15H2/b9-8-. The molecule has 22 heavy (non-hydrogen) atoms. The van der Waals surface area contributed by atoms with E-state index in [0.717, 1.165) is 32.7 Å². The molecular weight excluding hydrogens is 276 g/mol. The van der Waals surface area contributed by atoms with Crippen molar-refractivity contribution in [1.82, 2.24) is 9.80 Å². The maximum atomic E-state index is 12.1. The van der Waals surface area contributed by atoms with Gasteiger partial charge in [0.05, 0.1) is 6.26 Å². The van der Waals surface area contributed by atoms with Crippen LogP contribution in [0.4, 0.5) is 0 Å². The van der Waals surface area contributed by atoms with Crippen molar-refractivity contribution in [3.05, 3.63) is 66.1 Å². The predicted molar refractivity (Wildman–Crippen MR) is 86.0 cm³/mol. The molecule has 3 rings (SSSR count). The highest BCUT2D eigenvalue weighted by atomic mass is 16.3. The normalized spacial score (nSPS) is 16.3. The fourth-order valence-corrected chi connectivity index (χ4v) is 2.61. The van der Waals surface area contributed by atoms with Crippen molar-refractivity contribution in [3.8, 4) is 0 Å². The average Bonchev–Trinajstić information content (AvgIpc) is 3.08. The quantitative estimate of drug-likeness (QED) is 0.814. The van der Waals surface area contributed by atoms with Crippen LogP contribution in [0, 0.1) is 0 Å². The summed E-state index contributed by atoms with van der Waals surface area (Å²) in [5.41, 5.74) is 1.32. The van der Waals surface area contributed by atoms with Crippen LogP contribution in [-0.2, 0) is 11.3 Å². The zero-order valence-electron chi connectivity index (χ0n) is 12.5. The van der Waals surface area contributed by atoms with Crippen molar-refractivity contribution in [2.24, 2.45) is 0 Å². The maximum absolute atomic E-state index is 12.1. The minimum Gasteiger partial charge on any atom is -0.465 e. The first-order valence-electron chi connectivity index (χ1n) is 7.58. The zero-order valence-corrected chi connectivity index (χ0v) is 12.5. The second-order valence-corrected chi connectivity index (χ2v) is 5.44. The van der Waals surface area contributed by atoms with Crippen LogP contribution >= 0.6 is 0 Å². The summed E-state index contributed by atoms with van der Waals surface area (Å²) in [5, 5.41) is 0. The van der Waals surface area contributed by atoms with Gasteiger partial charge in [0, 0.05) is 38.8 Å². The Bertz CT molecular complexity index is 612. The topological polar surface area (TPSA) is 36.7 Å². The monoisotopic (exact) mass is 296 g/mol. The van der Waals surface area contributed by atoms with Gasteiger partial charge in [0.1, 0.15) is 5.76 Å². The van der Waals surface area contributed by atoms with Crippen molar-refractivity contribution in [2.75, 3.05) is 26.2 Å². The highest BCUT2D eigenvalue weighted by Gasteiger charge is 2.19. The van der Waals surface area contributed by atoms with Crippen LogP contribution in [0.2, 0.25) is 0 Å². The Balaban J connectivity index is 1.48. The molecule has 2 heterocycles. The lowest BCUT2D eigenvalue weighted by Gasteiger charge is -2.34. The number of piperazine rings is 1. The highest BCUT2D eigenvalue weighted by molar-refractivity contribution is 5.91. The van der Waals surface area contributed by atoms with E-state index in [0.29, 0.717) is 5.76 Å². The molecule has 0 radical (unpaired) electrons. The molecule has 0 unspecified atom stereocenters. The van der Waals surface area contributed by atoms with E-state index in [2.05, 4.69) is 29.2 Å². The van der Waals surface area contributed by atoms with Crippen LogP contribution < -0.4 is 0 Å². The molecule has 4 heteroatoms. The molecule has 1 aliphatic rings. The lowest BCUT2D eigenvalue weighted by molar-refractivity contribution is -0.127. The van der Waals surface area contributed by atoms with Gasteiger partial charge < -0.3 is 9.32 Å². The van der Waals surface area contributed by atoms with Crippen molar-refractivity contribution >= 4 is 12.0 Å². The molecule has 4 nitrogen and oxygen atoms in total. The summed E-state index contributed by atoms with van der Waals surface area (Å²) in [6, 6.07) is 14.1. The van der Waals surface area contributed by atoms with Crippen LogP contribution in [0.3, 0.4) is 0 Å². The summed E-state index contributed by atoms with van der Waals surface area (Å²) < 4.78 is 5.19. The minimum absolute atomic E-state index is 0.0516. The first kappa shape index (κ1) is 14.6. The molecule has 0 saturated carbocycles. The Hall–Kier alpha value is -2.33. The Kier molecular flexibility index (Phi) is 4.71. The molecule has 0 aliphatic carbocycles. The largest absolute Gasteiger partial charge is 0.465 e. The van der Waals surface area contributed by atoms with Crippen molar-refractivity contribution in [2.45, 2.75) is 6.54 Å². The van der Waals surface area contributed by atoms with E-state index >= 15 is 0 Å². The summed E-state index contributed by atoms with van der Waals surface area (Å²) in [6.45, 7) is 4.32. The number of carbonyl (C=O) groups excluding carboxylic acids is 1. The van der Waals surface area contributed by atoms with Crippen molar-refractivity contribution in [3.63, 3.8) is 0 Å². The van der Waals surface area contributed by atoms with Crippen LogP contribution in [0.25, 0.3) is 6.08 Å². The zero-order chi connectivity index (χ0) is 15.2. The summed E-state index contributed by atoms with van der Waals surface area (Å²) in [4.78, 5) is 16.4. The fraction of sp³-hybridized carbons (Fsp3) is 0.278. The lowest BCUT2D eigenvalue weighted by atomic mass is 10.2. The SMILES string of the molecule is O=C(/C=C\c1ccco1)N1CCN(Cc2ccccc2)CC1. The molecule has 0 spiro atoms. The maximum Gasteiger partial charge on any atom is 0.246 e. The van der Waals surface area contributed by atoms with Crippen LogP contribution in [0.1, 0.15) is 11.3 Å². The molecule has 0 bridgehead atoms. The number of hydrogen-bond donors (Lipinski definition) is 0. The van der Waals surface area contributed by atoms with E-state index in [1.54, 1.807) is 18.4 Å². The first-order chi connectivity index (χ1) is 10.8. The molecule has 114 valence electrons. The molecule has 1 aromatic heterocycles. The molecule has 1 aromatic carbocycles. The average molecular weight is 296 g/mol. The van der Waals surface area contributed by atoms with Crippen LogP contribution in [0.5, 0.6) is 0 Å². The molecular formula is C18H20N2O2. The molecule has 1 aliphatic heterocycles. The van der Waals surface area contributed by atoms with Gasteiger partial charge in [0.25, 0.3) is 0 Å². The molecule has 0 N–H and O–H groups in total. The van der Waals surface area contributed by atoms with E-state index in [-0.39, 0.29) is 5.91 Å². The van der Waals surface area contributed by atoms with Gasteiger partial charge in [-0.1, -0.05) is 30.3 Å². The van der Waals surface area contributed by atoms with Gasteiger partial charge in [-0.2, -0.15) is 0 Å². The fourth-order valence-electron chi connectivity index (χ4n) is 2.61. The second-order valence-electron chi connectivity index (χ2n) is 5.44. The van der Waals surface area contributed by atoms with Gasteiger partial charge in [0.15, 0.2) is 0 Å². The van der Waals surface area contributed by atoms with E-state index < -0.39 is 0 Å². The number of amides is 1. The van der Waals surface area contributed by atoms with Gasteiger partial charge >= 0.3 is 0 Å². The van der Waals surface area contributed by atoms with Gasteiger partial charge in [-0.15, -0.1) is 0 Å². The third kappa shape index (κ3) is 3.86. The van der Waals surface area contributed by atoms with Gasteiger partial charge in [0.2, 0.25) is 5.91 Å². The van der Waals surface area contributed by atoms with Gasteiger partial charge in [-0.25, -0.2) is 0 Å². The lowest BCUT2D eigenvalue weighted by Crippen LogP contribution is -2.47. The van der Waals surface area contributed by atoms with Crippen molar-refractivity contribution in [1.29, 1.82) is 0 Å². The van der Waals surface area contributed by atoms with E-state index in [1.807, 2.05) is 23.1 Å². The minimum atomic E-state index is 0.0516. The second kappa shape index (κ2) is 7.09. The Morgan fingerprint density at radius 2 is 1.82 bits per heavy atom. The Labute approximate surface area is 130 Å². The predicted octanol–water partition coefficient (Wildman–Crippen LogP) is 2.64. The smallest absolute Gasteiger partial charge is 0.246 e. The number of rotatable bonds is 4. The van der Waals surface area contributed by atoms with Crippen LogP contribution in [-0.4, -0.2) is 41.9 Å². The van der Waals surface area contributed by atoms with Gasteiger partial charge in [-0.05, 0) is 23.8 Å². The van der Waals surface area contributed by atoms with Gasteiger partial charge in [-0.3, -0.25) is 9.69 Å². The first-order valence-corrected chi connectivity index (χ1v) is 7.58. The summed E-state index contributed by atoms with van der Waals surface area (Å²) in [6.07, 6.45) is 4.91. The molecule has 1 saturated heterocycles. The summed E-state index contributed by atoms with van der Waals surface area (Å²) in [7, 11) is 0. The number of hydrogen-bond acceptors (Lipinski definition) is 3. The summed E-state index contributed by atoms with van der Waals surface area (Å²) >= 11 is 0. The van der Waals surface area contributed by atoms with Crippen LogP contribution in [0.15, 0.2) is 59.2 Å². The number of nitrogens with zero attached hydrogens (tertiary/aromatic N) is 2. The highest BCUT2D eigenvalue weighted by Crippen LogP contribution is 2.09. The molecule has 0 atom stereocenters. The number of benzene rings is 1. The molecule has 1 fully saturated rings. The van der Waals surface area contributed by atoms with E-state index in [1.165, 1.54) is 5.56 Å². The Morgan fingerprint density at radius 3 is 2.50 bits per heavy atom. The third-order valence-electron chi connectivity index (χ3n) is 3.87. The Morgan fingerprint density at radius 1 is 1.05 bits per heavy atom.